The summed E-state index contributed by atoms with van der Waals surface area (Å²) >= 11 is 0. The molecule has 3 unspecified atom stereocenters. The molecule has 20 heavy (non-hydrogen) atoms. The molecule has 2 saturated heterocycles. The Bertz CT molecular complexity index is 379. The summed E-state index contributed by atoms with van der Waals surface area (Å²) in [6, 6.07) is -0.352. The molecule has 0 aromatic heterocycles. The summed E-state index contributed by atoms with van der Waals surface area (Å²) in [4.78, 5) is 26.9. The van der Waals surface area contributed by atoms with Gasteiger partial charge in [0.05, 0.1) is 6.61 Å². The molecule has 2 fully saturated rings. The minimum absolute atomic E-state index is 0.0167. The zero-order valence-corrected chi connectivity index (χ0v) is 12.8. The zero-order valence-electron chi connectivity index (χ0n) is 12.8. The van der Waals surface area contributed by atoms with Crippen molar-refractivity contribution in [3.63, 3.8) is 0 Å². The minimum atomic E-state index is -0.718. The molecule has 0 aromatic carbocycles. The molecule has 2 aliphatic heterocycles. The van der Waals surface area contributed by atoms with Crippen LogP contribution in [-0.2, 0) is 14.3 Å². The highest BCUT2D eigenvalue weighted by molar-refractivity contribution is 5.99. The molecule has 114 valence electrons. The van der Waals surface area contributed by atoms with Gasteiger partial charge in [-0.3, -0.25) is 9.59 Å². The second-order valence-electron chi connectivity index (χ2n) is 6.12. The van der Waals surface area contributed by atoms with Crippen molar-refractivity contribution in [2.45, 2.75) is 58.0 Å². The van der Waals surface area contributed by atoms with Gasteiger partial charge >= 0.3 is 0 Å². The predicted molar refractivity (Wildman–Crippen MR) is 76.2 cm³/mol. The Kier molecular flexibility index (Phi) is 4.68. The summed E-state index contributed by atoms with van der Waals surface area (Å²) in [6.45, 7) is 7.96. The van der Waals surface area contributed by atoms with Gasteiger partial charge in [-0.25, -0.2) is 0 Å². The first-order chi connectivity index (χ1) is 9.52. The monoisotopic (exact) mass is 282 g/mol. The second-order valence-corrected chi connectivity index (χ2v) is 6.12. The van der Waals surface area contributed by atoms with E-state index >= 15 is 0 Å². The normalized spacial score (nSPS) is 34.5. The fourth-order valence-corrected chi connectivity index (χ4v) is 3.04. The first-order valence-electron chi connectivity index (χ1n) is 7.73. The SMILES string of the molecule is CCCC1NC(=O)C(C)(CC)N(CC2CCOC2)C1=O. The van der Waals surface area contributed by atoms with E-state index in [1.165, 1.54) is 0 Å². The average molecular weight is 282 g/mol. The molecule has 2 aliphatic rings. The third-order valence-electron chi connectivity index (χ3n) is 4.68. The van der Waals surface area contributed by atoms with Crippen LogP contribution in [0, 0.1) is 5.92 Å². The first kappa shape index (κ1) is 15.3. The first-order valence-corrected chi connectivity index (χ1v) is 7.73. The maximum Gasteiger partial charge on any atom is 0.246 e. The van der Waals surface area contributed by atoms with E-state index < -0.39 is 5.54 Å². The smallest absolute Gasteiger partial charge is 0.246 e. The molecule has 1 N–H and O–H groups in total. The highest BCUT2D eigenvalue weighted by Gasteiger charge is 2.48. The molecule has 5 nitrogen and oxygen atoms in total. The number of nitrogens with zero attached hydrogens (tertiary/aromatic N) is 1. The van der Waals surface area contributed by atoms with Crippen molar-refractivity contribution in [1.29, 1.82) is 0 Å². The van der Waals surface area contributed by atoms with E-state index in [1.807, 2.05) is 25.7 Å². The van der Waals surface area contributed by atoms with Crippen molar-refractivity contribution in [3.05, 3.63) is 0 Å². The fraction of sp³-hybridized carbons (Fsp3) is 0.867. The lowest BCUT2D eigenvalue weighted by molar-refractivity contribution is -0.157. The van der Waals surface area contributed by atoms with Gasteiger partial charge in [-0.15, -0.1) is 0 Å². The lowest BCUT2D eigenvalue weighted by Crippen LogP contribution is -2.69. The number of rotatable bonds is 5. The van der Waals surface area contributed by atoms with Crippen molar-refractivity contribution < 1.29 is 14.3 Å². The van der Waals surface area contributed by atoms with E-state index in [4.69, 9.17) is 4.74 Å². The third kappa shape index (κ3) is 2.68. The Balaban J connectivity index is 2.19. The summed E-state index contributed by atoms with van der Waals surface area (Å²) in [5.74, 6) is 0.415. The molecule has 0 aromatic rings. The van der Waals surface area contributed by atoms with E-state index in [0.717, 1.165) is 19.4 Å². The maximum atomic E-state index is 12.7. The third-order valence-corrected chi connectivity index (χ3v) is 4.68. The van der Waals surface area contributed by atoms with Gasteiger partial charge in [0.25, 0.3) is 0 Å². The van der Waals surface area contributed by atoms with Gasteiger partial charge in [-0.1, -0.05) is 20.3 Å². The summed E-state index contributed by atoms with van der Waals surface area (Å²) in [6.07, 6.45) is 3.21. The molecule has 0 aliphatic carbocycles. The van der Waals surface area contributed by atoms with Crippen LogP contribution in [0.1, 0.15) is 46.5 Å². The summed E-state index contributed by atoms with van der Waals surface area (Å²) in [7, 11) is 0. The van der Waals surface area contributed by atoms with Crippen LogP contribution < -0.4 is 5.32 Å². The van der Waals surface area contributed by atoms with Crippen LogP contribution >= 0.6 is 0 Å². The van der Waals surface area contributed by atoms with Gasteiger partial charge in [0.1, 0.15) is 11.6 Å². The van der Waals surface area contributed by atoms with Crippen LogP contribution in [0.3, 0.4) is 0 Å². The van der Waals surface area contributed by atoms with E-state index in [-0.39, 0.29) is 17.9 Å². The molecular weight excluding hydrogens is 256 g/mol. The van der Waals surface area contributed by atoms with Crippen molar-refractivity contribution >= 4 is 11.8 Å². The van der Waals surface area contributed by atoms with Crippen LogP contribution in [0.25, 0.3) is 0 Å². The molecular formula is C15H26N2O3. The van der Waals surface area contributed by atoms with Crippen molar-refractivity contribution in [1.82, 2.24) is 10.2 Å². The number of nitrogens with one attached hydrogen (secondary N) is 1. The molecule has 3 atom stereocenters. The quantitative estimate of drug-likeness (QED) is 0.827. The van der Waals surface area contributed by atoms with Crippen LogP contribution in [0.2, 0.25) is 0 Å². The Hall–Kier alpha value is -1.10. The molecule has 0 radical (unpaired) electrons. The average Bonchev–Trinajstić information content (AvgIpc) is 2.94. The number of carbonyl (C=O) groups excluding carboxylic acids is 2. The van der Waals surface area contributed by atoms with E-state index in [1.54, 1.807) is 0 Å². The van der Waals surface area contributed by atoms with Gasteiger partial charge < -0.3 is 15.0 Å². The van der Waals surface area contributed by atoms with Crippen molar-refractivity contribution in [2.24, 2.45) is 5.92 Å². The Labute approximate surface area is 121 Å². The minimum Gasteiger partial charge on any atom is -0.381 e. The number of amides is 2. The van der Waals surface area contributed by atoms with Gasteiger partial charge in [0.2, 0.25) is 11.8 Å². The van der Waals surface area contributed by atoms with E-state index in [2.05, 4.69) is 5.32 Å². The number of hydrogen-bond donors (Lipinski definition) is 1. The number of piperazine rings is 1. The van der Waals surface area contributed by atoms with E-state index in [0.29, 0.717) is 31.9 Å². The topological polar surface area (TPSA) is 58.6 Å². The van der Waals surface area contributed by atoms with Crippen molar-refractivity contribution in [3.8, 4) is 0 Å². The molecule has 0 saturated carbocycles. The number of hydrogen-bond acceptors (Lipinski definition) is 3. The summed E-state index contributed by atoms with van der Waals surface area (Å²) in [5, 5.41) is 2.90. The highest BCUT2D eigenvalue weighted by Crippen LogP contribution is 2.28. The van der Waals surface area contributed by atoms with Crippen LogP contribution in [-0.4, -0.2) is 48.1 Å². The molecule has 2 rings (SSSR count). The van der Waals surface area contributed by atoms with Crippen LogP contribution in [0.4, 0.5) is 0 Å². The molecule has 2 heterocycles. The van der Waals surface area contributed by atoms with Crippen LogP contribution in [0.15, 0.2) is 0 Å². The molecule has 5 heteroatoms. The highest BCUT2D eigenvalue weighted by atomic mass is 16.5. The Morgan fingerprint density at radius 1 is 1.40 bits per heavy atom. The van der Waals surface area contributed by atoms with Gasteiger partial charge in [0, 0.05) is 19.1 Å². The Morgan fingerprint density at radius 2 is 2.15 bits per heavy atom. The molecule has 0 bridgehead atoms. The molecule has 0 spiro atoms. The Morgan fingerprint density at radius 3 is 2.70 bits per heavy atom. The second kappa shape index (κ2) is 6.12. The molecule has 2 amide bonds. The summed E-state index contributed by atoms with van der Waals surface area (Å²) < 4.78 is 5.40. The maximum absolute atomic E-state index is 12.7. The zero-order chi connectivity index (χ0) is 14.8. The lowest BCUT2D eigenvalue weighted by atomic mass is 9.88. The van der Waals surface area contributed by atoms with E-state index in [9.17, 15) is 9.59 Å². The van der Waals surface area contributed by atoms with Gasteiger partial charge in [-0.05, 0) is 26.2 Å². The van der Waals surface area contributed by atoms with Crippen LogP contribution in [0.5, 0.6) is 0 Å². The standard InChI is InChI=1S/C15H26N2O3/c1-4-6-12-13(18)17(9-11-7-8-20-10-11)15(3,5-2)14(19)16-12/h11-12H,4-10H2,1-3H3,(H,16,19). The van der Waals surface area contributed by atoms with Gasteiger partial charge in [0.15, 0.2) is 0 Å². The predicted octanol–water partition coefficient (Wildman–Crippen LogP) is 1.32. The van der Waals surface area contributed by atoms with Crippen molar-refractivity contribution in [2.75, 3.05) is 19.8 Å². The lowest BCUT2D eigenvalue weighted by Gasteiger charge is -2.46. The largest absolute Gasteiger partial charge is 0.381 e. The summed E-state index contributed by atoms with van der Waals surface area (Å²) in [5.41, 5.74) is -0.718. The number of ether oxygens (including phenoxy) is 1. The number of carbonyl (C=O) groups is 2. The fourth-order valence-electron chi connectivity index (χ4n) is 3.04. The van der Waals surface area contributed by atoms with Gasteiger partial charge in [-0.2, -0.15) is 0 Å².